The maximum Gasteiger partial charge on any atom is 0.355 e. The van der Waals surface area contributed by atoms with Crippen LogP contribution < -0.4 is 15.5 Å². The Kier molecular flexibility index (Phi) is 9.15. The predicted octanol–water partition coefficient (Wildman–Crippen LogP) is 7.53. The standard InChI is InChI=1S/C44H54N10O3S/c1-28-30-8-7-15-53(38(30)51-50-37(28)49-40-47-33-9-5-6-10-34(33)58-40)35-12-11-31(36(48-35)39(55)56)32-20-46-54(29(32)2)27-43-22-41(3)21-42(4,23-43)25-44(24-41,26-43)57-19-18-52-16-13-45-14-17-52/h5-6,9-12,20,45H,7-8,13-19,21-27H2,1-4H3,(H,55,56)(H,47,49,50)/t41-,42+,43?,44?. The van der Waals surface area contributed by atoms with Crippen molar-refractivity contribution in [1.29, 1.82) is 0 Å². The third-order valence-electron chi connectivity index (χ3n) is 13.8. The Morgan fingerprint density at radius 2 is 1.74 bits per heavy atom. The van der Waals surface area contributed by atoms with Crippen LogP contribution in [0.15, 0.2) is 42.6 Å². The number of nitrogens with one attached hydrogen (secondary N) is 2. The zero-order chi connectivity index (χ0) is 39.9. The van der Waals surface area contributed by atoms with E-state index in [2.05, 4.69) is 64.2 Å². The highest BCUT2D eigenvalue weighted by Crippen LogP contribution is 2.72. The van der Waals surface area contributed by atoms with E-state index in [0.717, 1.165) is 116 Å². The SMILES string of the molecule is Cc1c(Nc2nc3ccccc3s2)nnc2c1CCCN2c1ccc(-c2cnn(CC34CC5(OCCN6CCNCC6)C[C@](C)(C3)C[C@](C)(C4)C5)c2C)c(C(=O)O)n1. The molecular weight excluding hydrogens is 749 g/mol. The molecule has 4 aromatic heterocycles. The minimum Gasteiger partial charge on any atom is -0.476 e. The lowest BCUT2D eigenvalue weighted by atomic mass is 9.39. The number of carboxylic acids is 1. The molecule has 3 N–H and O–H groups in total. The lowest BCUT2D eigenvalue weighted by Gasteiger charge is -2.69. The van der Waals surface area contributed by atoms with Crippen molar-refractivity contribution >= 4 is 50.1 Å². The number of nitrogens with zero attached hydrogens (tertiary/aromatic N) is 8. The molecule has 11 rings (SSSR count). The van der Waals surface area contributed by atoms with Crippen LogP contribution in [-0.2, 0) is 17.7 Å². The van der Waals surface area contributed by atoms with Gasteiger partial charge in [0.25, 0.3) is 0 Å². The molecule has 1 aromatic carbocycles. The number of pyridine rings is 1. The van der Waals surface area contributed by atoms with Gasteiger partial charge in [-0.25, -0.2) is 14.8 Å². The van der Waals surface area contributed by atoms with Gasteiger partial charge in [0.05, 0.1) is 28.6 Å². The summed E-state index contributed by atoms with van der Waals surface area (Å²) in [4.78, 5) is 27.0. The largest absolute Gasteiger partial charge is 0.476 e. The lowest BCUT2D eigenvalue weighted by Crippen LogP contribution is -2.64. The molecule has 4 atom stereocenters. The second kappa shape index (κ2) is 14.1. The summed E-state index contributed by atoms with van der Waals surface area (Å²) in [5, 5.41) is 32.5. The number of aromatic carboxylic acids is 1. The molecule has 0 radical (unpaired) electrons. The summed E-state index contributed by atoms with van der Waals surface area (Å²) in [7, 11) is 0. The fourth-order valence-corrected chi connectivity index (χ4v) is 13.5. The zero-order valence-corrected chi connectivity index (χ0v) is 34.9. The normalized spacial score (nSPS) is 28.0. The van der Waals surface area contributed by atoms with Crippen LogP contribution in [0.1, 0.15) is 86.1 Å². The first-order chi connectivity index (χ1) is 27.9. The number of rotatable bonds is 11. The highest BCUT2D eigenvalue weighted by molar-refractivity contribution is 7.22. The van der Waals surface area contributed by atoms with Crippen molar-refractivity contribution in [3.63, 3.8) is 0 Å². The molecule has 304 valence electrons. The molecule has 5 aromatic rings. The second-order valence-electron chi connectivity index (χ2n) is 18.8. The Balaban J connectivity index is 0.898. The van der Waals surface area contributed by atoms with Crippen molar-refractivity contribution in [2.24, 2.45) is 16.2 Å². The van der Waals surface area contributed by atoms with E-state index in [-0.39, 0.29) is 27.5 Å². The third-order valence-corrected chi connectivity index (χ3v) is 14.8. The first-order valence-electron chi connectivity index (χ1n) is 21.0. The van der Waals surface area contributed by atoms with Crippen LogP contribution in [0, 0.1) is 30.1 Å². The number of carboxylic acid groups (broad SMARTS) is 1. The molecule has 58 heavy (non-hydrogen) atoms. The molecule has 1 saturated heterocycles. The molecule has 2 aliphatic heterocycles. The second-order valence-corrected chi connectivity index (χ2v) is 19.9. The Bertz CT molecular complexity index is 2350. The van der Waals surface area contributed by atoms with Crippen molar-refractivity contribution < 1.29 is 14.6 Å². The van der Waals surface area contributed by atoms with Gasteiger partial charge < -0.3 is 25.4 Å². The van der Waals surface area contributed by atoms with Crippen molar-refractivity contribution in [2.75, 3.05) is 56.1 Å². The Hall–Kier alpha value is -4.50. The molecule has 6 aliphatic rings. The average molecular weight is 803 g/mol. The summed E-state index contributed by atoms with van der Waals surface area (Å²) < 4.78 is 10.3. The fourth-order valence-electron chi connectivity index (χ4n) is 12.6. The van der Waals surface area contributed by atoms with Crippen molar-refractivity contribution in [2.45, 2.75) is 91.2 Å². The smallest absolute Gasteiger partial charge is 0.355 e. The predicted molar refractivity (Wildman–Crippen MR) is 226 cm³/mol. The molecule has 5 fully saturated rings. The number of ether oxygens (including phenoxy) is 1. The van der Waals surface area contributed by atoms with Gasteiger partial charge in [0.2, 0.25) is 0 Å². The summed E-state index contributed by atoms with van der Waals surface area (Å²) in [6, 6.07) is 11.9. The first-order valence-corrected chi connectivity index (χ1v) is 21.8. The van der Waals surface area contributed by atoms with Crippen LogP contribution in [0.4, 0.5) is 22.6 Å². The van der Waals surface area contributed by atoms with E-state index in [9.17, 15) is 9.90 Å². The van der Waals surface area contributed by atoms with E-state index in [1.165, 1.54) is 19.3 Å². The Labute approximate surface area is 343 Å². The number of piperazine rings is 1. The van der Waals surface area contributed by atoms with Crippen molar-refractivity contribution in [3.8, 4) is 11.1 Å². The average Bonchev–Trinajstić information content (AvgIpc) is 3.76. The van der Waals surface area contributed by atoms with Gasteiger partial charge in [-0.3, -0.25) is 9.58 Å². The quantitative estimate of drug-likeness (QED) is 0.121. The number of fused-ring (bicyclic) bond motifs is 2. The van der Waals surface area contributed by atoms with Gasteiger partial charge in [-0.15, -0.1) is 10.2 Å². The highest BCUT2D eigenvalue weighted by Gasteiger charge is 2.66. The molecule has 4 aliphatic carbocycles. The molecule has 0 amide bonds. The minimum atomic E-state index is -1.07. The molecule has 4 bridgehead atoms. The van der Waals surface area contributed by atoms with Gasteiger partial charge in [-0.2, -0.15) is 5.10 Å². The molecule has 13 nitrogen and oxygen atoms in total. The first kappa shape index (κ1) is 37.7. The molecule has 14 heteroatoms. The summed E-state index contributed by atoms with van der Waals surface area (Å²) in [6.07, 6.45) is 10.5. The van der Waals surface area contributed by atoms with Crippen LogP contribution in [-0.4, -0.2) is 97.4 Å². The van der Waals surface area contributed by atoms with Crippen molar-refractivity contribution in [1.82, 2.24) is 40.2 Å². The number of hydrogen-bond donors (Lipinski definition) is 3. The Morgan fingerprint density at radius 3 is 2.52 bits per heavy atom. The molecule has 6 heterocycles. The molecule has 2 unspecified atom stereocenters. The van der Waals surface area contributed by atoms with E-state index >= 15 is 0 Å². The van der Waals surface area contributed by atoms with Gasteiger partial charge >= 0.3 is 5.97 Å². The molecule has 0 spiro atoms. The van der Waals surface area contributed by atoms with E-state index < -0.39 is 5.97 Å². The minimum absolute atomic E-state index is 0.0118. The number of carbonyl (C=O) groups is 1. The van der Waals surface area contributed by atoms with E-state index in [4.69, 9.17) is 19.8 Å². The van der Waals surface area contributed by atoms with Crippen molar-refractivity contribution in [3.05, 3.63) is 65.1 Å². The van der Waals surface area contributed by atoms with Crippen LogP contribution >= 0.6 is 11.3 Å². The zero-order valence-electron chi connectivity index (χ0n) is 34.1. The number of anilines is 4. The van der Waals surface area contributed by atoms with Crippen LogP contribution in [0.3, 0.4) is 0 Å². The summed E-state index contributed by atoms with van der Waals surface area (Å²) >= 11 is 1.58. The van der Waals surface area contributed by atoms with Crippen LogP contribution in [0.2, 0.25) is 0 Å². The van der Waals surface area contributed by atoms with E-state index in [1.807, 2.05) is 41.4 Å². The monoisotopic (exact) mass is 802 g/mol. The maximum atomic E-state index is 13.0. The summed E-state index contributed by atoms with van der Waals surface area (Å²) in [5.74, 6) is 0.861. The Morgan fingerprint density at radius 1 is 0.948 bits per heavy atom. The topological polar surface area (TPSA) is 146 Å². The van der Waals surface area contributed by atoms with Gasteiger partial charge in [-0.05, 0) is 106 Å². The molecule has 4 saturated carbocycles. The lowest BCUT2D eigenvalue weighted by molar-refractivity contribution is -0.249. The summed E-state index contributed by atoms with van der Waals surface area (Å²) in [5.41, 5.74) is 5.83. The van der Waals surface area contributed by atoms with Gasteiger partial charge in [0, 0.05) is 73.8 Å². The number of aromatic nitrogens is 6. The van der Waals surface area contributed by atoms with Gasteiger partial charge in [0.15, 0.2) is 22.5 Å². The number of benzene rings is 1. The summed E-state index contributed by atoms with van der Waals surface area (Å²) in [6.45, 7) is 16.6. The highest BCUT2D eigenvalue weighted by atomic mass is 32.1. The van der Waals surface area contributed by atoms with Crippen LogP contribution in [0.25, 0.3) is 21.3 Å². The van der Waals surface area contributed by atoms with E-state index in [1.54, 1.807) is 11.3 Å². The maximum absolute atomic E-state index is 13.0. The third kappa shape index (κ3) is 6.75. The van der Waals surface area contributed by atoms with E-state index in [0.29, 0.717) is 29.6 Å². The number of para-hydroxylation sites is 1. The van der Waals surface area contributed by atoms with Crippen LogP contribution in [0.5, 0.6) is 0 Å². The van der Waals surface area contributed by atoms with Gasteiger partial charge in [-0.1, -0.05) is 37.3 Å². The molecular formula is C44H54N10O3S. The fraction of sp³-hybridized carbons (Fsp3) is 0.545. The number of hydrogen-bond acceptors (Lipinski definition) is 12. The number of thiazole rings is 1. The van der Waals surface area contributed by atoms with Gasteiger partial charge in [0.1, 0.15) is 5.82 Å².